The van der Waals surface area contributed by atoms with Crippen LogP contribution in [-0.2, 0) is 6.54 Å². The van der Waals surface area contributed by atoms with E-state index in [0.717, 1.165) is 0 Å². The van der Waals surface area contributed by atoms with Crippen molar-refractivity contribution >= 4 is 29.0 Å². The van der Waals surface area contributed by atoms with E-state index in [1.807, 2.05) is 0 Å². The van der Waals surface area contributed by atoms with Crippen LogP contribution >= 0.6 is 11.6 Å². The second kappa shape index (κ2) is 7.10. The van der Waals surface area contributed by atoms with Gasteiger partial charge in [0.1, 0.15) is 11.4 Å². The molecule has 0 bridgehead atoms. The minimum atomic E-state index is -0.450. The van der Waals surface area contributed by atoms with E-state index < -0.39 is 4.92 Å². The summed E-state index contributed by atoms with van der Waals surface area (Å²) in [5, 5.41) is 20.9. The summed E-state index contributed by atoms with van der Waals surface area (Å²) in [5.74, 6) is 0. The molecule has 1 aromatic carbocycles. The van der Waals surface area contributed by atoms with Crippen LogP contribution in [0.4, 0.5) is 16.2 Å². The number of hydrogen-bond acceptors (Lipinski definition) is 4. The van der Waals surface area contributed by atoms with Gasteiger partial charge in [0.05, 0.1) is 11.5 Å². The van der Waals surface area contributed by atoms with Gasteiger partial charge in [-0.2, -0.15) is 5.10 Å². The third-order valence-electron chi connectivity index (χ3n) is 3.24. The fraction of sp³-hybridized carbons (Fsp3) is 0.286. The maximum atomic E-state index is 11.8. The molecule has 2 N–H and O–H groups in total. The standard InChI is InChI=1S/C14H16ClN5O3/c1-9-13(20(22)23)10(2)19(18-9)8-7-16-14(21)17-12-5-3-11(15)4-6-12/h3-6H,7-8H2,1-2H3,(H2,16,17,21). The number of anilines is 1. The second-order valence-corrected chi connectivity index (χ2v) is 5.32. The number of urea groups is 1. The lowest BCUT2D eigenvalue weighted by Gasteiger charge is -2.08. The minimum Gasteiger partial charge on any atom is -0.336 e. The molecule has 1 heterocycles. The Bertz CT molecular complexity index is 727. The summed E-state index contributed by atoms with van der Waals surface area (Å²) in [6, 6.07) is 6.35. The summed E-state index contributed by atoms with van der Waals surface area (Å²) < 4.78 is 1.51. The average molecular weight is 338 g/mol. The quantitative estimate of drug-likeness (QED) is 0.646. The second-order valence-electron chi connectivity index (χ2n) is 4.89. The van der Waals surface area contributed by atoms with Gasteiger partial charge < -0.3 is 10.6 Å². The van der Waals surface area contributed by atoms with E-state index in [9.17, 15) is 14.9 Å². The number of aromatic nitrogens is 2. The smallest absolute Gasteiger partial charge is 0.319 e. The Balaban J connectivity index is 1.87. The summed E-state index contributed by atoms with van der Waals surface area (Å²) in [5.41, 5.74) is 1.45. The Morgan fingerprint density at radius 1 is 1.35 bits per heavy atom. The predicted molar refractivity (Wildman–Crippen MR) is 86.8 cm³/mol. The maximum absolute atomic E-state index is 11.8. The first kappa shape index (κ1) is 16.8. The van der Waals surface area contributed by atoms with Gasteiger partial charge in [0.15, 0.2) is 0 Å². The molecule has 2 rings (SSSR count). The van der Waals surface area contributed by atoms with Crippen LogP contribution in [0.25, 0.3) is 0 Å². The minimum absolute atomic E-state index is 0.00983. The van der Waals surface area contributed by atoms with Crippen LogP contribution in [-0.4, -0.2) is 27.3 Å². The number of amides is 2. The van der Waals surface area contributed by atoms with E-state index in [1.165, 1.54) is 4.68 Å². The fourth-order valence-electron chi connectivity index (χ4n) is 2.15. The molecule has 0 atom stereocenters. The van der Waals surface area contributed by atoms with E-state index in [4.69, 9.17) is 11.6 Å². The van der Waals surface area contributed by atoms with Gasteiger partial charge in [0, 0.05) is 17.3 Å². The molecule has 0 saturated carbocycles. The van der Waals surface area contributed by atoms with Crippen molar-refractivity contribution < 1.29 is 9.72 Å². The normalized spacial score (nSPS) is 10.4. The van der Waals surface area contributed by atoms with Crippen molar-refractivity contribution in [3.05, 3.63) is 50.8 Å². The van der Waals surface area contributed by atoms with Gasteiger partial charge in [-0.3, -0.25) is 14.8 Å². The first-order valence-corrected chi connectivity index (χ1v) is 7.25. The summed E-state index contributed by atoms with van der Waals surface area (Å²) >= 11 is 5.77. The van der Waals surface area contributed by atoms with E-state index in [-0.39, 0.29) is 11.7 Å². The van der Waals surface area contributed by atoms with Crippen LogP contribution < -0.4 is 10.6 Å². The van der Waals surface area contributed by atoms with Gasteiger partial charge in [0.2, 0.25) is 0 Å². The van der Waals surface area contributed by atoms with E-state index >= 15 is 0 Å². The van der Waals surface area contributed by atoms with Gasteiger partial charge in [-0.25, -0.2) is 4.79 Å². The molecule has 122 valence electrons. The van der Waals surface area contributed by atoms with Gasteiger partial charge in [-0.05, 0) is 38.1 Å². The predicted octanol–water partition coefficient (Wildman–Crippen LogP) is 2.88. The molecule has 0 aliphatic heterocycles. The van der Waals surface area contributed by atoms with E-state index in [0.29, 0.717) is 35.2 Å². The number of nitro groups is 1. The Kier molecular flexibility index (Phi) is 5.17. The van der Waals surface area contributed by atoms with Crippen LogP contribution in [0, 0.1) is 24.0 Å². The van der Waals surface area contributed by atoms with Gasteiger partial charge >= 0.3 is 11.7 Å². The monoisotopic (exact) mass is 337 g/mol. The molecule has 0 aliphatic rings. The summed E-state index contributed by atoms with van der Waals surface area (Å²) in [6.07, 6.45) is 0. The molecule has 23 heavy (non-hydrogen) atoms. The zero-order valence-electron chi connectivity index (χ0n) is 12.7. The van der Waals surface area contributed by atoms with E-state index in [1.54, 1.807) is 38.1 Å². The lowest BCUT2D eigenvalue weighted by atomic mass is 10.3. The first-order valence-electron chi connectivity index (χ1n) is 6.87. The van der Waals surface area contributed by atoms with Crippen LogP contribution in [0.3, 0.4) is 0 Å². The molecule has 8 nitrogen and oxygen atoms in total. The topological polar surface area (TPSA) is 102 Å². The van der Waals surface area contributed by atoms with Crippen LogP contribution in [0.2, 0.25) is 5.02 Å². The Hall–Kier alpha value is -2.61. The molecule has 0 fully saturated rings. The summed E-state index contributed by atoms with van der Waals surface area (Å²) in [6.45, 7) is 3.85. The largest absolute Gasteiger partial charge is 0.336 e. The van der Waals surface area contributed by atoms with Crippen LogP contribution in [0.1, 0.15) is 11.4 Å². The zero-order valence-corrected chi connectivity index (χ0v) is 13.4. The lowest BCUT2D eigenvalue weighted by Crippen LogP contribution is -2.31. The first-order chi connectivity index (χ1) is 10.9. The summed E-state index contributed by atoms with van der Waals surface area (Å²) in [7, 11) is 0. The number of rotatable bonds is 5. The third-order valence-corrected chi connectivity index (χ3v) is 3.49. The molecule has 0 spiro atoms. The van der Waals surface area contributed by atoms with Crippen molar-refractivity contribution in [3.63, 3.8) is 0 Å². The van der Waals surface area contributed by atoms with Crippen molar-refractivity contribution in [3.8, 4) is 0 Å². The lowest BCUT2D eigenvalue weighted by molar-refractivity contribution is -0.386. The summed E-state index contributed by atoms with van der Waals surface area (Å²) in [4.78, 5) is 22.2. The molecule has 0 radical (unpaired) electrons. The molecule has 9 heteroatoms. The highest BCUT2D eigenvalue weighted by molar-refractivity contribution is 6.30. The van der Waals surface area contributed by atoms with Gasteiger partial charge in [-0.15, -0.1) is 0 Å². The average Bonchev–Trinajstić information content (AvgIpc) is 2.76. The zero-order chi connectivity index (χ0) is 17.0. The number of hydrogen-bond donors (Lipinski definition) is 2. The number of nitrogens with zero attached hydrogens (tertiary/aromatic N) is 3. The number of aryl methyl sites for hydroxylation is 1. The maximum Gasteiger partial charge on any atom is 0.319 e. The van der Waals surface area contributed by atoms with Crippen molar-refractivity contribution in [1.82, 2.24) is 15.1 Å². The van der Waals surface area contributed by atoms with Crippen LogP contribution in [0.5, 0.6) is 0 Å². The fourth-order valence-corrected chi connectivity index (χ4v) is 2.28. The van der Waals surface area contributed by atoms with Gasteiger partial charge in [-0.1, -0.05) is 11.6 Å². The number of carbonyl (C=O) groups excluding carboxylic acids is 1. The highest BCUT2D eigenvalue weighted by Crippen LogP contribution is 2.21. The van der Waals surface area contributed by atoms with Crippen molar-refractivity contribution in [2.24, 2.45) is 0 Å². The van der Waals surface area contributed by atoms with Crippen molar-refractivity contribution in [2.45, 2.75) is 20.4 Å². The highest BCUT2D eigenvalue weighted by Gasteiger charge is 2.21. The Morgan fingerprint density at radius 3 is 2.57 bits per heavy atom. The van der Waals surface area contributed by atoms with Gasteiger partial charge in [0.25, 0.3) is 0 Å². The molecule has 0 aliphatic carbocycles. The van der Waals surface area contributed by atoms with Crippen molar-refractivity contribution in [1.29, 1.82) is 0 Å². The molecule has 0 saturated heterocycles. The molecule has 1 aromatic heterocycles. The highest BCUT2D eigenvalue weighted by atomic mass is 35.5. The Labute approximate surface area is 137 Å². The Morgan fingerprint density at radius 2 is 2.00 bits per heavy atom. The van der Waals surface area contributed by atoms with Crippen LogP contribution in [0.15, 0.2) is 24.3 Å². The number of carbonyl (C=O) groups is 1. The molecule has 2 amide bonds. The molecule has 2 aromatic rings. The molecular formula is C14H16ClN5O3. The number of nitrogens with one attached hydrogen (secondary N) is 2. The molecular weight excluding hydrogens is 322 g/mol. The van der Waals surface area contributed by atoms with Crippen molar-refractivity contribution in [2.75, 3.05) is 11.9 Å². The SMILES string of the molecule is Cc1nn(CCNC(=O)Nc2ccc(Cl)cc2)c(C)c1[N+](=O)[O-]. The number of halogens is 1. The molecule has 0 unspecified atom stereocenters. The van der Waals surface area contributed by atoms with E-state index in [2.05, 4.69) is 15.7 Å². The third kappa shape index (κ3) is 4.19. The number of benzene rings is 1.